The maximum atomic E-state index is 4.09. The largest absolute Gasteiger partial charge is 0.389 e. The summed E-state index contributed by atoms with van der Waals surface area (Å²) in [5, 5.41) is 6.73. The Labute approximate surface area is 130 Å². The lowest BCUT2D eigenvalue weighted by atomic mass is 10.0. The maximum Gasteiger partial charge on any atom is 0.0184 e. The van der Waals surface area contributed by atoms with Crippen molar-refractivity contribution in [1.29, 1.82) is 0 Å². The molecule has 21 heavy (non-hydrogen) atoms. The number of benzene rings is 1. The number of rotatable bonds is 10. The van der Waals surface area contributed by atoms with Crippen molar-refractivity contribution >= 4 is 0 Å². The molecule has 2 heteroatoms. The Morgan fingerprint density at radius 3 is 2.14 bits per heavy atom. The SMILES string of the molecule is C=C(CCC(=C)NCCc1ccc(C)c(C)c1)NCCC. The Balaban J connectivity index is 2.21. The Hall–Kier alpha value is -1.70. The standard InChI is InChI=1S/C19H30N2/c1-6-12-20-17(4)8-9-18(5)21-13-11-19-10-7-15(2)16(3)14-19/h7,10,14,20-21H,4-6,8-9,11-13H2,1-3H3. The Morgan fingerprint density at radius 1 is 0.952 bits per heavy atom. The maximum absolute atomic E-state index is 4.09. The van der Waals surface area contributed by atoms with Gasteiger partial charge in [0, 0.05) is 24.5 Å². The minimum atomic E-state index is 0.941. The van der Waals surface area contributed by atoms with E-state index in [1.165, 1.54) is 16.7 Å². The van der Waals surface area contributed by atoms with Crippen LogP contribution >= 0.6 is 0 Å². The van der Waals surface area contributed by atoms with Crippen molar-refractivity contribution in [2.24, 2.45) is 0 Å². The average Bonchev–Trinajstić information content (AvgIpc) is 2.46. The molecule has 0 aromatic heterocycles. The van der Waals surface area contributed by atoms with E-state index in [9.17, 15) is 0 Å². The van der Waals surface area contributed by atoms with Crippen molar-refractivity contribution in [3.63, 3.8) is 0 Å². The quantitative estimate of drug-likeness (QED) is 0.672. The minimum absolute atomic E-state index is 0.941. The molecule has 0 saturated carbocycles. The van der Waals surface area contributed by atoms with Crippen LogP contribution in [0.15, 0.2) is 42.8 Å². The van der Waals surface area contributed by atoms with Gasteiger partial charge < -0.3 is 10.6 Å². The van der Waals surface area contributed by atoms with Crippen LogP contribution in [0.25, 0.3) is 0 Å². The average molecular weight is 286 g/mol. The fraction of sp³-hybridized carbons (Fsp3) is 0.474. The van der Waals surface area contributed by atoms with Gasteiger partial charge in [-0.15, -0.1) is 0 Å². The van der Waals surface area contributed by atoms with Crippen LogP contribution in [0.1, 0.15) is 42.9 Å². The summed E-state index contributed by atoms with van der Waals surface area (Å²) in [6, 6.07) is 6.68. The highest BCUT2D eigenvalue weighted by Crippen LogP contribution is 2.10. The van der Waals surface area contributed by atoms with Gasteiger partial charge in [0.2, 0.25) is 0 Å². The molecule has 0 atom stereocenters. The molecular formula is C19H30N2. The molecule has 1 rings (SSSR count). The monoisotopic (exact) mass is 286 g/mol. The van der Waals surface area contributed by atoms with Gasteiger partial charge in [-0.1, -0.05) is 38.3 Å². The van der Waals surface area contributed by atoms with Crippen molar-refractivity contribution in [1.82, 2.24) is 10.6 Å². The van der Waals surface area contributed by atoms with E-state index in [0.29, 0.717) is 0 Å². The molecule has 0 fully saturated rings. The molecular weight excluding hydrogens is 256 g/mol. The van der Waals surface area contributed by atoms with Gasteiger partial charge in [0.1, 0.15) is 0 Å². The van der Waals surface area contributed by atoms with Gasteiger partial charge in [0.15, 0.2) is 0 Å². The third-order valence-electron chi connectivity index (χ3n) is 3.71. The first-order chi connectivity index (χ1) is 10.0. The molecule has 0 spiro atoms. The fourth-order valence-corrected chi connectivity index (χ4v) is 2.12. The Morgan fingerprint density at radius 2 is 1.57 bits per heavy atom. The lowest BCUT2D eigenvalue weighted by molar-refractivity contribution is 0.692. The lowest BCUT2D eigenvalue weighted by Gasteiger charge is -2.12. The molecule has 116 valence electrons. The first kappa shape index (κ1) is 17.4. The van der Waals surface area contributed by atoms with Gasteiger partial charge >= 0.3 is 0 Å². The van der Waals surface area contributed by atoms with Gasteiger partial charge in [-0.25, -0.2) is 0 Å². The second-order valence-corrected chi connectivity index (χ2v) is 5.73. The summed E-state index contributed by atoms with van der Waals surface area (Å²) in [5.74, 6) is 0. The highest BCUT2D eigenvalue weighted by atomic mass is 14.9. The van der Waals surface area contributed by atoms with E-state index in [4.69, 9.17) is 0 Å². The molecule has 0 heterocycles. The first-order valence-electron chi connectivity index (χ1n) is 7.92. The molecule has 2 nitrogen and oxygen atoms in total. The van der Waals surface area contributed by atoms with Gasteiger partial charge in [0.25, 0.3) is 0 Å². The zero-order valence-electron chi connectivity index (χ0n) is 13.9. The van der Waals surface area contributed by atoms with E-state index in [1.54, 1.807) is 0 Å². The van der Waals surface area contributed by atoms with Crippen LogP contribution in [0.2, 0.25) is 0 Å². The molecule has 0 bridgehead atoms. The molecule has 0 saturated heterocycles. The molecule has 1 aromatic carbocycles. The zero-order chi connectivity index (χ0) is 15.7. The normalized spacial score (nSPS) is 10.2. The van der Waals surface area contributed by atoms with Crippen LogP contribution in [-0.2, 0) is 6.42 Å². The molecule has 2 N–H and O–H groups in total. The summed E-state index contributed by atoms with van der Waals surface area (Å²) in [5.41, 5.74) is 6.30. The van der Waals surface area contributed by atoms with E-state index in [-0.39, 0.29) is 0 Å². The molecule has 0 aliphatic carbocycles. The van der Waals surface area contributed by atoms with E-state index in [2.05, 4.69) is 62.8 Å². The topological polar surface area (TPSA) is 24.1 Å². The summed E-state index contributed by atoms with van der Waals surface area (Å²) in [6.45, 7) is 16.5. The van der Waals surface area contributed by atoms with Gasteiger partial charge in [-0.3, -0.25) is 0 Å². The summed E-state index contributed by atoms with van der Waals surface area (Å²) >= 11 is 0. The number of hydrogen-bond acceptors (Lipinski definition) is 2. The summed E-state index contributed by atoms with van der Waals surface area (Å²) < 4.78 is 0. The van der Waals surface area contributed by atoms with Gasteiger partial charge in [-0.2, -0.15) is 0 Å². The van der Waals surface area contributed by atoms with E-state index in [0.717, 1.165) is 50.2 Å². The number of hydrogen-bond donors (Lipinski definition) is 2. The highest BCUT2D eigenvalue weighted by molar-refractivity contribution is 5.30. The van der Waals surface area contributed by atoms with E-state index < -0.39 is 0 Å². The van der Waals surface area contributed by atoms with Gasteiger partial charge in [-0.05, 0) is 56.2 Å². The predicted octanol–water partition coefficient (Wildman–Crippen LogP) is 4.24. The minimum Gasteiger partial charge on any atom is -0.389 e. The fourth-order valence-electron chi connectivity index (χ4n) is 2.12. The van der Waals surface area contributed by atoms with Crippen LogP contribution in [0, 0.1) is 13.8 Å². The molecule has 0 aliphatic rings. The molecule has 0 aliphatic heterocycles. The van der Waals surface area contributed by atoms with Gasteiger partial charge in [0.05, 0.1) is 0 Å². The van der Waals surface area contributed by atoms with Crippen molar-refractivity contribution in [3.8, 4) is 0 Å². The van der Waals surface area contributed by atoms with Crippen molar-refractivity contribution < 1.29 is 0 Å². The molecule has 0 radical (unpaired) electrons. The van der Waals surface area contributed by atoms with Crippen LogP contribution < -0.4 is 10.6 Å². The number of aryl methyl sites for hydroxylation is 2. The Kier molecular flexibility index (Phi) is 7.66. The van der Waals surface area contributed by atoms with Crippen LogP contribution in [0.3, 0.4) is 0 Å². The summed E-state index contributed by atoms with van der Waals surface area (Å²) in [7, 11) is 0. The summed E-state index contributed by atoms with van der Waals surface area (Å²) in [6.07, 6.45) is 4.07. The third kappa shape index (κ3) is 7.03. The van der Waals surface area contributed by atoms with E-state index in [1.807, 2.05) is 0 Å². The van der Waals surface area contributed by atoms with Crippen LogP contribution in [0.5, 0.6) is 0 Å². The van der Waals surface area contributed by atoms with Crippen LogP contribution in [-0.4, -0.2) is 13.1 Å². The highest BCUT2D eigenvalue weighted by Gasteiger charge is 1.99. The van der Waals surface area contributed by atoms with Crippen molar-refractivity contribution in [2.75, 3.05) is 13.1 Å². The zero-order valence-corrected chi connectivity index (χ0v) is 13.9. The number of allylic oxidation sites excluding steroid dienone is 2. The summed E-state index contributed by atoms with van der Waals surface area (Å²) in [4.78, 5) is 0. The smallest absolute Gasteiger partial charge is 0.0184 e. The molecule has 1 aromatic rings. The lowest BCUT2D eigenvalue weighted by Crippen LogP contribution is -2.18. The predicted molar refractivity (Wildman–Crippen MR) is 93.4 cm³/mol. The van der Waals surface area contributed by atoms with Crippen molar-refractivity contribution in [3.05, 3.63) is 59.4 Å². The Bertz CT molecular complexity index is 474. The third-order valence-corrected chi connectivity index (χ3v) is 3.71. The first-order valence-corrected chi connectivity index (χ1v) is 7.92. The second kappa shape index (κ2) is 9.28. The second-order valence-electron chi connectivity index (χ2n) is 5.73. The van der Waals surface area contributed by atoms with Crippen molar-refractivity contribution in [2.45, 2.75) is 46.5 Å². The molecule has 0 unspecified atom stereocenters. The van der Waals surface area contributed by atoms with Crippen LogP contribution in [0.4, 0.5) is 0 Å². The number of nitrogens with one attached hydrogen (secondary N) is 2. The van der Waals surface area contributed by atoms with E-state index >= 15 is 0 Å². The molecule has 0 amide bonds.